The van der Waals surface area contributed by atoms with Crippen LogP contribution in [0.15, 0.2) is 30.6 Å². The van der Waals surface area contributed by atoms with Gasteiger partial charge in [-0.1, -0.05) is 18.2 Å². The van der Waals surface area contributed by atoms with E-state index < -0.39 is 6.10 Å². The van der Waals surface area contributed by atoms with Crippen LogP contribution in [0.1, 0.15) is 48.2 Å². The van der Waals surface area contributed by atoms with Crippen molar-refractivity contribution in [2.75, 3.05) is 0 Å². The monoisotopic (exact) mass is 258 g/mol. The van der Waals surface area contributed by atoms with Gasteiger partial charge < -0.3 is 5.11 Å². The normalized spacial score (nSPS) is 12.9. The van der Waals surface area contributed by atoms with Crippen LogP contribution in [-0.4, -0.2) is 14.9 Å². The van der Waals surface area contributed by atoms with E-state index >= 15 is 0 Å². The molecule has 1 N–H and O–H groups in total. The van der Waals surface area contributed by atoms with E-state index in [1.54, 1.807) is 6.20 Å². The highest BCUT2D eigenvalue weighted by Gasteiger charge is 2.14. The van der Waals surface area contributed by atoms with Crippen molar-refractivity contribution in [3.05, 3.63) is 52.8 Å². The molecular formula is C16H22N2O. The van der Waals surface area contributed by atoms with Gasteiger partial charge in [0.15, 0.2) is 0 Å². The fraction of sp³-hybridized carbons (Fsp3) is 0.438. The maximum absolute atomic E-state index is 10.4. The molecule has 0 amide bonds. The zero-order valence-electron chi connectivity index (χ0n) is 12.1. The molecule has 0 aliphatic heterocycles. The van der Waals surface area contributed by atoms with Gasteiger partial charge in [-0.2, -0.15) is 5.10 Å². The minimum Gasteiger partial charge on any atom is -0.388 e. The minimum absolute atomic E-state index is 0.321. The Morgan fingerprint density at radius 1 is 1.21 bits per heavy atom. The highest BCUT2D eigenvalue weighted by Crippen LogP contribution is 2.23. The third kappa shape index (κ3) is 3.04. The molecule has 0 aliphatic rings. The van der Waals surface area contributed by atoms with Crippen LogP contribution >= 0.6 is 0 Å². The average molecular weight is 258 g/mol. The van der Waals surface area contributed by atoms with Gasteiger partial charge in [-0.05, 0) is 44.4 Å². The van der Waals surface area contributed by atoms with E-state index in [1.165, 1.54) is 16.7 Å². The predicted molar refractivity (Wildman–Crippen MR) is 77.2 cm³/mol. The molecule has 1 atom stereocenters. The van der Waals surface area contributed by atoms with Gasteiger partial charge in [0.25, 0.3) is 0 Å². The maximum Gasteiger partial charge on any atom is 0.0861 e. The van der Waals surface area contributed by atoms with Gasteiger partial charge >= 0.3 is 0 Å². The summed E-state index contributed by atoms with van der Waals surface area (Å²) < 4.78 is 1.88. The predicted octanol–water partition coefficient (Wildman–Crippen LogP) is 3.36. The second-order valence-electron chi connectivity index (χ2n) is 5.44. The Morgan fingerprint density at radius 2 is 1.84 bits per heavy atom. The summed E-state index contributed by atoms with van der Waals surface area (Å²) in [5.41, 5.74) is 4.58. The lowest BCUT2D eigenvalue weighted by Gasteiger charge is -2.13. The Kier molecular flexibility index (Phi) is 4.05. The van der Waals surface area contributed by atoms with Gasteiger partial charge in [0.1, 0.15) is 0 Å². The fourth-order valence-electron chi connectivity index (χ4n) is 2.29. The van der Waals surface area contributed by atoms with Crippen LogP contribution in [-0.2, 0) is 6.42 Å². The van der Waals surface area contributed by atoms with Crippen molar-refractivity contribution in [1.29, 1.82) is 0 Å². The summed E-state index contributed by atoms with van der Waals surface area (Å²) in [5, 5.41) is 14.6. The first-order valence-corrected chi connectivity index (χ1v) is 6.76. The van der Waals surface area contributed by atoms with E-state index in [-0.39, 0.29) is 0 Å². The Bertz CT molecular complexity index is 537. The summed E-state index contributed by atoms with van der Waals surface area (Å²) in [7, 11) is 0. The van der Waals surface area contributed by atoms with Crippen molar-refractivity contribution in [3.63, 3.8) is 0 Å². The minimum atomic E-state index is -0.493. The van der Waals surface area contributed by atoms with Crippen LogP contribution in [0.5, 0.6) is 0 Å². The highest BCUT2D eigenvalue weighted by atomic mass is 16.3. The third-order valence-corrected chi connectivity index (χ3v) is 3.58. The van der Waals surface area contributed by atoms with Crippen molar-refractivity contribution >= 4 is 0 Å². The summed E-state index contributed by atoms with van der Waals surface area (Å²) in [5.74, 6) is 0. The maximum atomic E-state index is 10.4. The van der Waals surface area contributed by atoms with Gasteiger partial charge in [0, 0.05) is 24.2 Å². The molecule has 0 saturated heterocycles. The third-order valence-electron chi connectivity index (χ3n) is 3.58. The van der Waals surface area contributed by atoms with Crippen LogP contribution in [0.25, 0.3) is 0 Å². The van der Waals surface area contributed by atoms with Crippen LogP contribution in [0.4, 0.5) is 0 Å². The molecular weight excluding hydrogens is 236 g/mol. The molecule has 2 rings (SSSR count). The lowest BCUT2D eigenvalue weighted by atomic mass is 9.96. The zero-order valence-corrected chi connectivity index (χ0v) is 12.1. The van der Waals surface area contributed by atoms with E-state index in [0.717, 1.165) is 5.56 Å². The van der Waals surface area contributed by atoms with Crippen molar-refractivity contribution in [3.8, 4) is 0 Å². The molecule has 1 unspecified atom stereocenters. The quantitative estimate of drug-likeness (QED) is 0.913. The Hall–Kier alpha value is -1.61. The number of nitrogens with zero attached hydrogens (tertiary/aromatic N) is 2. The molecule has 0 bridgehead atoms. The van der Waals surface area contributed by atoms with Crippen molar-refractivity contribution < 1.29 is 5.11 Å². The molecule has 102 valence electrons. The lowest BCUT2D eigenvalue weighted by Crippen LogP contribution is -2.05. The number of benzene rings is 1. The number of aliphatic hydroxyl groups excluding tert-OH is 1. The summed E-state index contributed by atoms with van der Waals surface area (Å²) in [6.45, 7) is 8.34. The van der Waals surface area contributed by atoms with Crippen LogP contribution in [0.2, 0.25) is 0 Å². The van der Waals surface area contributed by atoms with Gasteiger partial charge in [0.05, 0.1) is 12.3 Å². The first-order valence-electron chi connectivity index (χ1n) is 6.76. The molecule has 1 aromatic carbocycles. The highest BCUT2D eigenvalue weighted by molar-refractivity contribution is 5.34. The largest absolute Gasteiger partial charge is 0.388 e. The topological polar surface area (TPSA) is 38.1 Å². The molecule has 0 fully saturated rings. The van der Waals surface area contributed by atoms with E-state index in [4.69, 9.17) is 0 Å². The molecule has 19 heavy (non-hydrogen) atoms. The van der Waals surface area contributed by atoms with Crippen molar-refractivity contribution in [2.45, 2.75) is 46.3 Å². The second kappa shape index (κ2) is 5.57. The lowest BCUT2D eigenvalue weighted by molar-refractivity contribution is 0.178. The molecule has 2 aromatic rings. The summed E-state index contributed by atoms with van der Waals surface area (Å²) in [6.07, 6.45) is 3.84. The number of hydrogen-bond donors (Lipinski definition) is 1. The van der Waals surface area contributed by atoms with E-state index in [9.17, 15) is 5.11 Å². The number of rotatable bonds is 4. The number of aliphatic hydroxyl groups is 1. The molecule has 1 aromatic heterocycles. The molecule has 3 heteroatoms. The number of aromatic nitrogens is 2. The van der Waals surface area contributed by atoms with Crippen LogP contribution in [0, 0.1) is 13.8 Å². The molecule has 0 aliphatic carbocycles. The second-order valence-corrected chi connectivity index (χ2v) is 5.44. The molecule has 0 spiro atoms. The van der Waals surface area contributed by atoms with E-state index in [1.807, 2.05) is 10.9 Å². The van der Waals surface area contributed by atoms with Crippen LogP contribution < -0.4 is 0 Å². The van der Waals surface area contributed by atoms with E-state index in [2.05, 4.69) is 51.0 Å². The van der Waals surface area contributed by atoms with Gasteiger partial charge in [0.2, 0.25) is 0 Å². The van der Waals surface area contributed by atoms with Gasteiger partial charge in [-0.3, -0.25) is 4.68 Å². The summed E-state index contributed by atoms with van der Waals surface area (Å²) in [6, 6.07) is 6.55. The zero-order chi connectivity index (χ0) is 14.0. The standard InChI is InChI=1S/C16H22N2O/c1-11(2)18-10-14(9-17-18)16(19)8-15-12(3)6-5-7-13(15)4/h5-7,9-11,16,19H,8H2,1-4H3. The number of hydrogen-bond acceptors (Lipinski definition) is 2. The Balaban J connectivity index is 2.18. The summed E-state index contributed by atoms with van der Waals surface area (Å²) >= 11 is 0. The van der Waals surface area contributed by atoms with E-state index in [0.29, 0.717) is 12.5 Å². The van der Waals surface area contributed by atoms with Crippen LogP contribution in [0.3, 0.4) is 0 Å². The van der Waals surface area contributed by atoms with Gasteiger partial charge in [-0.15, -0.1) is 0 Å². The smallest absolute Gasteiger partial charge is 0.0861 e. The van der Waals surface area contributed by atoms with Crippen molar-refractivity contribution in [2.24, 2.45) is 0 Å². The molecule has 0 saturated carbocycles. The average Bonchev–Trinajstić information content (AvgIpc) is 2.83. The molecule has 3 nitrogen and oxygen atoms in total. The van der Waals surface area contributed by atoms with Crippen molar-refractivity contribution in [1.82, 2.24) is 9.78 Å². The first-order chi connectivity index (χ1) is 8.99. The van der Waals surface area contributed by atoms with Gasteiger partial charge in [-0.25, -0.2) is 0 Å². The molecule has 0 radical (unpaired) electrons. The summed E-state index contributed by atoms with van der Waals surface area (Å²) in [4.78, 5) is 0. The fourth-order valence-corrected chi connectivity index (χ4v) is 2.29. The Morgan fingerprint density at radius 3 is 2.37 bits per heavy atom. The Labute approximate surface area is 114 Å². The SMILES string of the molecule is Cc1cccc(C)c1CC(O)c1cnn(C(C)C)c1. The number of aryl methyl sites for hydroxylation is 2. The molecule has 1 heterocycles. The first kappa shape index (κ1) is 13.8.